The second-order valence-electron chi connectivity index (χ2n) is 3.37. The van der Waals surface area contributed by atoms with Gasteiger partial charge in [-0.3, -0.25) is 9.78 Å². The van der Waals surface area contributed by atoms with Crippen LogP contribution >= 0.6 is 23.2 Å². The summed E-state index contributed by atoms with van der Waals surface area (Å²) in [7, 11) is 0. The number of halogens is 4. The molecule has 0 aromatic carbocycles. The van der Waals surface area contributed by atoms with Crippen molar-refractivity contribution in [2.24, 2.45) is 0 Å². The number of alkyl halides is 3. The Hall–Kier alpha value is -0.940. The highest BCUT2D eigenvalue weighted by atomic mass is 35.5. The highest BCUT2D eigenvalue weighted by Gasteiger charge is 2.18. The van der Waals surface area contributed by atoms with Gasteiger partial charge in [0.1, 0.15) is 5.69 Å². The zero-order valence-electron chi connectivity index (χ0n) is 9.55. The first kappa shape index (κ1) is 15.1. The summed E-state index contributed by atoms with van der Waals surface area (Å²) < 4.78 is 29.8. The van der Waals surface area contributed by atoms with Crippen molar-refractivity contribution in [2.45, 2.75) is 25.7 Å². The van der Waals surface area contributed by atoms with Gasteiger partial charge in [-0.1, -0.05) is 11.6 Å². The largest absolute Gasteiger partial charge is 0.466 e. The maximum atomic E-state index is 12.5. The van der Waals surface area contributed by atoms with Crippen LogP contribution in [0.2, 0.25) is 5.02 Å². The number of carbonyl (C=O) groups excluding carboxylic acids is 1. The molecular formula is C11H11Cl2F2NO2. The Morgan fingerprint density at radius 1 is 1.56 bits per heavy atom. The summed E-state index contributed by atoms with van der Waals surface area (Å²) >= 11 is 11.5. The zero-order valence-corrected chi connectivity index (χ0v) is 11.1. The molecule has 0 radical (unpaired) electrons. The van der Waals surface area contributed by atoms with E-state index in [-0.39, 0.29) is 29.6 Å². The fourth-order valence-electron chi connectivity index (χ4n) is 1.38. The first-order valence-electron chi connectivity index (χ1n) is 5.17. The van der Waals surface area contributed by atoms with Crippen molar-refractivity contribution in [2.75, 3.05) is 6.61 Å². The molecule has 0 bridgehead atoms. The first-order valence-corrected chi connectivity index (χ1v) is 6.08. The first-order chi connectivity index (χ1) is 8.49. The van der Waals surface area contributed by atoms with Gasteiger partial charge in [-0.2, -0.15) is 0 Å². The quantitative estimate of drug-likeness (QED) is 0.617. The molecule has 1 rings (SSSR count). The number of carbonyl (C=O) groups is 1. The van der Waals surface area contributed by atoms with Crippen LogP contribution in [-0.4, -0.2) is 17.6 Å². The fraction of sp³-hybridized carbons (Fsp3) is 0.455. The molecular weight excluding hydrogens is 287 g/mol. The molecule has 3 nitrogen and oxygen atoms in total. The summed E-state index contributed by atoms with van der Waals surface area (Å²) in [4.78, 5) is 15.0. The van der Waals surface area contributed by atoms with Crippen molar-refractivity contribution in [3.8, 4) is 0 Å². The molecule has 18 heavy (non-hydrogen) atoms. The second-order valence-corrected chi connectivity index (χ2v) is 4.04. The second kappa shape index (κ2) is 6.85. The van der Waals surface area contributed by atoms with Gasteiger partial charge in [0.25, 0.3) is 6.43 Å². The average Bonchev–Trinajstić information content (AvgIpc) is 2.31. The molecule has 0 spiro atoms. The summed E-state index contributed by atoms with van der Waals surface area (Å²) in [5, 5.41) is 0.0454. The number of ether oxygens (including phenoxy) is 1. The normalized spacial score (nSPS) is 10.8. The van der Waals surface area contributed by atoms with Gasteiger partial charge < -0.3 is 4.74 Å². The van der Waals surface area contributed by atoms with E-state index < -0.39 is 18.1 Å². The third kappa shape index (κ3) is 3.78. The molecule has 1 aromatic rings. The predicted molar refractivity (Wildman–Crippen MR) is 64.1 cm³/mol. The van der Waals surface area contributed by atoms with Gasteiger partial charge in [0, 0.05) is 10.6 Å². The number of nitrogens with zero attached hydrogens (tertiary/aromatic N) is 1. The smallest absolute Gasteiger partial charge is 0.310 e. The third-order valence-corrected chi connectivity index (χ3v) is 2.74. The number of rotatable bonds is 5. The molecule has 0 amide bonds. The van der Waals surface area contributed by atoms with Crippen LogP contribution in [0.4, 0.5) is 8.78 Å². The Bertz CT molecular complexity index is 441. The van der Waals surface area contributed by atoms with E-state index in [1.807, 2.05) is 0 Å². The number of hydrogen-bond donors (Lipinski definition) is 0. The van der Waals surface area contributed by atoms with Crippen LogP contribution < -0.4 is 0 Å². The molecule has 0 fully saturated rings. The molecule has 1 aromatic heterocycles. The van der Waals surface area contributed by atoms with Gasteiger partial charge in [-0.25, -0.2) is 8.78 Å². The van der Waals surface area contributed by atoms with E-state index in [1.165, 1.54) is 0 Å². The van der Waals surface area contributed by atoms with Crippen LogP contribution in [-0.2, 0) is 21.8 Å². The minimum Gasteiger partial charge on any atom is -0.466 e. The zero-order chi connectivity index (χ0) is 13.7. The van der Waals surface area contributed by atoms with Gasteiger partial charge in [0.2, 0.25) is 0 Å². The maximum Gasteiger partial charge on any atom is 0.310 e. The lowest BCUT2D eigenvalue weighted by molar-refractivity contribution is -0.142. The van der Waals surface area contributed by atoms with Crippen LogP contribution in [0, 0.1) is 0 Å². The van der Waals surface area contributed by atoms with Crippen molar-refractivity contribution in [1.29, 1.82) is 0 Å². The SMILES string of the molecule is CCOC(=O)Cc1c(Cl)cc(C(F)F)nc1CCl. The Morgan fingerprint density at radius 3 is 2.72 bits per heavy atom. The molecule has 7 heteroatoms. The molecule has 0 atom stereocenters. The topological polar surface area (TPSA) is 39.2 Å². The Morgan fingerprint density at radius 2 is 2.22 bits per heavy atom. The predicted octanol–water partition coefficient (Wildman–Crippen LogP) is 3.52. The lowest BCUT2D eigenvalue weighted by Gasteiger charge is -2.10. The van der Waals surface area contributed by atoms with Crippen LogP contribution in [0.3, 0.4) is 0 Å². The summed E-state index contributed by atoms with van der Waals surface area (Å²) in [5.74, 6) is -0.605. The van der Waals surface area contributed by atoms with Gasteiger partial charge in [-0.05, 0) is 13.0 Å². The third-order valence-electron chi connectivity index (χ3n) is 2.15. The van der Waals surface area contributed by atoms with Crippen LogP contribution in [0.5, 0.6) is 0 Å². The van der Waals surface area contributed by atoms with E-state index in [0.717, 1.165) is 6.07 Å². The van der Waals surface area contributed by atoms with Gasteiger partial charge in [0.05, 0.1) is 24.6 Å². The monoisotopic (exact) mass is 297 g/mol. The van der Waals surface area contributed by atoms with Gasteiger partial charge in [-0.15, -0.1) is 11.6 Å². The summed E-state index contributed by atoms with van der Waals surface area (Å²) in [6, 6.07) is 1.04. The van der Waals surface area contributed by atoms with Crippen molar-refractivity contribution in [1.82, 2.24) is 4.98 Å². The maximum absolute atomic E-state index is 12.5. The lowest BCUT2D eigenvalue weighted by Crippen LogP contribution is -2.11. The van der Waals surface area contributed by atoms with Crippen molar-refractivity contribution in [3.63, 3.8) is 0 Å². The Labute approximate surface area is 113 Å². The molecule has 0 saturated heterocycles. The van der Waals surface area contributed by atoms with E-state index in [9.17, 15) is 13.6 Å². The number of hydrogen-bond acceptors (Lipinski definition) is 3. The van der Waals surface area contributed by atoms with E-state index in [4.69, 9.17) is 27.9 Å². The summed E-state index contributed by atoms with van der Waals surface area (Å²) in [6.45, 7) is 1.90. The molecule has 100 valence electrons. The van der Waals surface area contributed by atoms with Gasteiger partial charge >= 0.3 is 5.97 Å². The molecule has 0 aliphatic carbocycles. The molecule has 0 aliphatic rings. The average molecular weight is 298 g/mol. The molecule has 0 unspecified atom stereocenters. The van der Waals surface area contributed by atoms with Crippen molar-refractivity contribution < 1.29 is 18.3 Å². The van der Waals surface area contributed by atoms with Gasteiger partial charge in [0.15, 0.2) is 0 Å². The molecule has 0 saturated carbocycles. The number of pyridine rings is 1. The number of esters is 1. The van der Waals surface area contributed by atoms with Crippen LogP contribution in [0.1, 0.15) is 30.3 Å². The van der Waals surface area contributed by atoms with Crippen molar-refractivity contribution >= 4 is 29.2 Å². The van der Waals surface area contributed by atoms with Crippen LogP contribution in [0.25, 0.3) is 0 Å². The summed E-state index contributed by atoms with van der Waals surface area (Å²) in [6.07, 6.45) is -2.87. The molecule has 0 N–H and O–H groups in total. The Balaban J connectivity index is 3.07. The highest BCUT2D eigenvalue weighted by molar-refractivity contribution is 6.31. The fourth-order valence-corrected chi connectivity index (χ4v) is 1.88. The van der Waals surface area contributed by atoms with E-state index in [0.29, 0.717) is 5.56 Å². The van der Waals surface area contributed by atoms with Crippen LogP contribution in [0.15, 0.2) is 6.07 Å². The Kier molecular flexibility index (Phi) is 5.75. The minimum atomic E-state index is -2.74. The van der Waals surface area contributed by atoms with E-state index >= 15 is 0 Å². The standard InChI is InChI=1S/C11H11Cl2F2NO2/c1-2-18-10(17)3-6-7(13)4-8(11(14)15)16-9(6)5-12/h4,11H,2-3,5H2,1H3. The van der Waals surface area contributed by atoms with E-state index in [1.54, 1.807) is 6.92 Å². The molecule has 0 aliphatic heterocycles. The van der Waals surface area contributed by atoms with E-state index in [2.05, 4.69) is 4.98 Å². The lowest BCUT2D eigenvalue weighted by atomic mass is 10.1. The van der Waals surface area contributed by atoms with Crippen molar-refractivity contribution in [3.05, 3.63) is 28.0 Å². The highest BCUT2D eigenvalue weighted by Crippen LogP contribution is 2.27. The minimum absolute atomic E-state index is 0.0454. The summed E-state index contributed by atoms with van der Waals surface area (Å²) in [5.41, 5.74) is 0.0466. The molecule has 1 heterocycles. The number of aromatic nitrogens is 1.